The summed E-state index contributed by atoms with van der Waals surface area (Å²) < 4.78 is 0. The Bertz CT molecular complexity index is 184. The van der Waals surface area contributed by atoms with Crippen LogP contribution in [0.25, 0.3) is 0 Å². The van der Waals surface area contributed by atoms with Gasteiger partial charge in [0.15, 0.2) is 0 Å². The Morgan fingerprint density at radius 1 is 1.36 bits per heavy atom. The first-order valence-corrected chi connectivity index (χ1v) is 4.44. The summed E-state index contributed by atoms with van der Waals surface area (Å²) in [5, 5.41) is 8.58. The fraction of sp³-hybridized carbons (Fsp3) is 0.889. The first-order chi connectivity index (χ1) is 5.35. The standard InChI is InChI=1S/C9H14N2/c10-5-4-9(2-3-9)8-11-6-1-7-11/h1-4,6-8H2. The smallest absolute Gasteiger partial charge is 0.0628 e. The quantitative estimate of drug-likeness (QED) is 0.607. The molecule has 2 aliphatic rings. The molecule has 0 aromatic heterocycles. The lowest BCUT2D eigenvalue weighted by Gasteiger charge is -2.33. The normalized spacial score (nSPS) is 27.2. The maximum absolute atomic E-state index is 8.58. The van der Waals surface area contributed by atoms with Gasteiger partial charge in [-0.05, 0) is 37.8 Å². The van der Waals surface area contributed by atoms with E-state index in [2.05, 4.69) is 11.0 Å². The number of hydrogen-bond acceptors (Lipinski definition) is 2. The highest BCUT2D eigenvalue weighted by Crippen LogP contribution is 2.49. The monoisotopic (exact) mass is 150 g/mol. The van der Waals surface area contributed by atoms with Gasteiger partial charge in [-0.3, -0.25) is 0 Å². The Morgan fingerprint density at radius 3 is 2.45 bits per heavy atom. The van der Waals surface area contributed by atoms with Crippen LogP contribution in [0.3, 0.4) is 0 Å². The lowest BCUT2D eigenvalue weighted by Crippen LogP contribution is -2.41. The highest BCUT2D eigenvalue weighted by Gasteiger charge is 2.44. The van der Waals surface area contributed by atoms with Crippen LogP contribution in [0.15, 0.2) is 0 Å². The van der Waals surface area contributed by atoms with Crippen LogP contribution in [0.1, 0.15) is 25.7 Å². The van der Waals surface area contributed by atoms with E-state index < -0.39 is 0 Å². The Kier molecular flexibility index (Phi) is 1.61. The van der Waals surface area contributed by atoms with Gasteiger partial charge >= 0.3 is 0 Å². The van der Waals surface area contributed by atoms with Gasteiger partial charge in [0.1, 0.15) is 0 Å². The van der Waals surface area contributed by atoms with Crippen LogP contribution < -0.4 is 0 Å². The van der Waals surface area contributed by atoms with Crippen LogP contribution in [0.5, 0.6) is 0 Å². The molecular formula is C9H14N2. The molecule has 0 atom stereocenters. The van der Waals surface area contributed by atoms with E-state index >= 15 is 0 Å². The molecule has 1 aliphatic heterocycles. The van der Waals surface area contributed by atoms with Crippen molar-refractivity contribution in [3.05, 3.63) is 0 Å². The van der Waals surface area contributed by atoms with Crippen molar-refractivity contribution in [3.8, 4) is 6.07 Å². The van der Waals surface area contributed by atoms with E-state index in [1.807, 2.05) is 0 Å². The maximum atomic E-state index is 8.58. The second kappa shape index (κ2) is 2.49. The van der Waals surface area contributed by atoms with E-state index in [1.165, 1.54) is 38.9 Å². The lowest BCUT2D eigenvalue weighted by atomic mass is 10.0. The van der Waals surface area contributed by atoms with Crippen molar-refractivity contribution >= 4 is 0 Å². The highest BCUT2D eigenvalue weighted by molar-refractivity contribution is 5.01. The van der Waals surface area contributed by atoms with E-state index in [0.717, 1.165) is 6.42 Å². The largest absolute Gasteiger partial charge is 0.303 e. The van der Waals surface area contributed by atoms with E-state index in [0.29, 0.717) is 5.41 Å². The third-order valence-corrected chi connectivity index (χ3v) is 2.92. The molecule has 0 N–H and O–H groups in total. The van der Waals surface area contributed by atoms with Crippen molar-refractivity contribution in [2.75, 3.05) is 19.6 Å². The molecule has 0 radical (unpaired) electrons. The minimum atomic E-state index is 0.440. The first-order valence-electron chi connectivity index (χ1n) is 4.44. The fourth-order valence-corrected chi connectivity index (χ4v) is 1.75. The topological polar surface area (TPSA) is 27.0 Å². The highest BCUT2D eigenvalue weighted by atomic mass is 15.2. The van der Waals surface area contributed by atoms with Crippen molar-refractivity contribution in [3.63, 3.8) is 0 Å². The Labute approximate surface area is 67.8 Å². The molecule has 0 aromatic rings. The lowest BCUT2D eigenvalue weighted by molar-refractivity contribution is 0.145. The third kappa shape index (κ3) is 1.39. The summed E-state index contributed by atoms with van der Waals surface area (Å²) in [6.07, 6.45) is 4.72. The van der Waals surface area contributed by atoms with Crippen LogP contribution in [0, 0.1) is 16.7 Å². The zero-order valence-electron chi connectivity index (χ0n) is 6.84. The van der Waals surface area contributed by atoms with Gasteiger partial charge < -0.3 is 4.90 Å². The molecule has 1 saturated carbocycles. The van der Waals surface area contributed by atoms with Gasteiger partial charge in [-0.2, -0.15) is 5.26 Å². The second-order valence-corrected chi connectivity index (χ2v) is 3.96. The second-order valence-electron chi connectivity index (χ2n) is 3.96. The molecule has 2 nitrogen and oxygen atoms in total. The van der Waals surface area contributed by atoms with Crippen molar-refractivity contribution < 1.29 is 0 Å². The molecule has 2 heteroatoms. The number of rotatable bonds is 3. The van der Waals surface area contributed by atoms with E-state index in [-0.39, 0.29) is 0 Å². The Morgan fingerprint density at radius 2 is 2.09 bits per heavy atom. The molecule has 0 amide bonds. The van der Waals surface area contributed by atoms with E-state index in [4.69, 9.17) is 5.26 Å². The summed E-state index contributed by atoms with van der Waals surface area (Å²) in [5.41, 5.74) is 0.440. The number of hydrogen-bond donors (Lipinski definition) is 0. The SMILES string of the molecule is N#CCC1(CN2CCC2)CC1. The van der Waals surface area contributed by atoms with Crippen molar-refractivity contribution in [2.45, 2.75) is 25.7 Å². The minimum Gasteiger partial charge on any atom is -0.303 e. The van der Waals surface area contributed by atoms with Crippen LogP contribution in [-0.4, -0.2) is 24.5 Å². The average Bonchev–Trinajstić information content (AvgIpc) is 2.62. The molecule has 60 valence electrons. The summed E-state index contributed by atoms with van der Waals surface area (Å²) in [4.78, 5) is 2.48. The molecule has 1 saturated heterocycles. The predicted octanol–water partition coefficient (Wildman–Crippen LogP) is 1.39. The van der Waals surface area contributed by atoms with Gasteiger partial charge in [-0.15, -0.1) is 0 Å². The van der Waals surface area contributed by atoms with Gasteiger partial charge in [-0.1, -0.05) is 0 Å². The zero-order chi connectivity index (χ0) is 7.73. The van der Waals surface area contributed by atoms with Gasteiger partial charge in [0.25, 0.3) is 0 Å². The predicted molar refractivity (Wildman–Crippen MR) is 43.0 cm³/mol. The van der Waals surface area contributed by atoms with Crippen molar-refractivity contribution in [1.82, 2.24) is 4.90 Å². The van der Waals surface area contributed by atoms with Crippen LogP contribution in [-0.2, 0) is 0 Å². The van der Waals surface area contributed by atoms with Crippen molar-refractivity contribution in [2.24, 2.45) is 5.41 Å². The van der Waals surface area contributed by atoms with Crippen molar-refractivity contribution in [1.29, 1.82) is 5.26 Å². The molecule has 1 aliphatic carbocycles. The molecule has 1 heterocycles. The molecule has 11 heavy (non-hydrogen) atoms. The number of nitriles is 1. The molecular weight excluding hydrogens is 136 g/mol. The molecule has 0 spiro atoms. The first kappa shape index (κ1) is 7.12. The van der Waals surface area contributed by atoms with Crippen LogP contribution in [0.2, 0.25) is 0 Å². The van der Waals surface area contributed by atoms with Crippen LogP contribution in [0.4, 0.5) is 0 Å². The minimum absolute atomic E-state index is 0.440. The molecule has 2 fully saturated rings. The van der Waals surface area contributed by atoms with Gasteiger partial charge in [-0.25, -0.2) is 0 Å². The summed E-state index contributed by atoms with van der Waals surface area (Å²) in [7, 11) is 0. The molecule has 0 aromatic carbocycles. The summed E-state index contributed by atoms with van der Waals surface area (Å²) in [5.74, 6) is 0. The van der Waals surface area contributed by atoms with E-state index in [9.17, 15) is 0 Å². The molecule has 0 bridgehead atoms. The Hall–Kier alpha value is -0.550. The van der Waals surface area contributed by atoms with Gasteiger partial charge in [0.05, 0.1) is 6.07 Å². The third-order valence-electron chi connectivity index (χ3n) is 2.92. The van der Waals surface area contributed by atoms with Gasteiger partial charge in [0, 0.05) is 13.0 Å². The molecule has 2 rings (SSSR count). The van der Waals surface area contributed by atoms with E-state index in [1.54, 1.807) is 0 Å². The number of nitrogens with zero attached hydrogens (tertiary/aromatic N) is 2. The molecule has 0 unspecified atom stereocenters. The number of likely N-dealkylation sites (tertiary alicyclic amines) is 1. The average molecular weight is 150 g/mol. The van der Waals surface area contributed by atoms with Gasteiger partial charge in [0.2, 0.25) is 0 Å². The zero-order valence-corrected chi connectivity index (χ0v) is 6.84. The van der Waals surface area contributed by atoms with Crippen LogP contribution >= 0.6 is 0 Å². The fourth-order valence-electron chi connectivity index (χ4n) is 1.75. The summed E-state index contributed by atoms with van der Waals surface area (Å²) >= 11 is 0. The maximum Gasteiger partial charge on any atom is 0.0628 e. The summed E-state index contributed by atoms with van der Waals surface area (Å²) in [6.45, 7) is 3.74. The summed E-state index contributed by atoms with van der Waals surface area (Å²) in [6, 6.07) is 2.30. The Balaban J connectivity index is 1.80.